The van der Waals surface area contributed by atoms with E-state index < -0.39 is 27.7 Å². The number of carboxylic acid groups (broad SMARTS) is 1. The predicted octanol–water partition coefficient (Wildman–Crippen LogP) is 6.39. The summed E-state index contributed by atoms with van der Waals surface area (Å²) in [6.07, 6.45) is 0. The Kier molecular flexibility index (Phi) is 6.93. The van der Waals surface area contributed by atoms with Gasteiger partial charge in [-0.25, -0.2) is 16.8 Å². The van der Waals surface area contributed by atoms with Gasteiger partial charge in [0.25, 0.3) is 10.0 Å². The Bertz CT molecular complexity index is 1890. The average Bonchev–Trinajstić information content (AvgIpc) is 3.50. The number of thiophene rings is 1. The molecule has 6 rings (SSSR count). The van der Waals surface area contributed by atoms with Crippen LogP contribution in [0.15, 0.2) is 83.1 Å². The van der Waals surface area contributed by atoms with Crippen molar-refractivity contribution in [1.29, 1.82) is 0 Å². The number of hydrogen-bond donors (Lipinski definition) is 1. The molecule has 5 aromatic rings. The number of aliphatic carboxylic acids is 1. The number of nitrogens with zero attached hydrogens (tertiary/aromatic N) is 2. The van der Waals surface area contributed by atoms with Crippen molar-refractivity contribution >= 4 is 43.9 Å². The first kappa shape index (κ1) is 27.2. The van der Waals surface area contributed by atoms with Gasteiger partial charge in [0.15, 0.2) is 0 Å². The molecule has 0 radical (unpaired) electrons. The molecule has 0 spiro atoms. The second kappa shape index (κ2) is 10.4. The highest BCUT2D eigenvalue weighted by atomic mass is 32.2. The zero-order valence-corrected chi connectivity index (χ0v) is 24.0. The SMILES string of the molecule is COCc1sccc1-c1c(-c2cccc(N3CC(C(=O)O)C3)c2)n(S(=O)(=O)c2ccc(C)cc2)c2ccc(F)cc12. The van der Waals surface area contributed by atoms with Gasteiger partial charge in [-0.2, -0.15) is 0 Å². The Hall–Kier alpha value is -3.99. The number of ether oxygens (including phenoxy) is 1. The van der Waals surface area contributed by atoms with Crippen LogP contribution in [0, 0.1) is 18.7 Å². The Labute approximate surface area is 241 Å². The molecule has 1 aliphatic rings. The van der Waals surface area contributed by atoms with E-state index in [1.54, 1.807) is 31.4 Å². The number of fused-ring (bicyclic) bond motifs is 1. The zero-order chi connectivity index (χ0) is 28.9. The summed E-state index contributed by atoms with van der Waals surface area (Å²) >= 11 is 1.48. The van der Waals surface area contributed by atoms with Gasteiger partial charge >= 0.3 is 5.97 Å². The topological polar surface area (TPSA) is 88.8 Å². The Balaban J connectivity index is 1.66. The van der Waals surface area contributed by atoms with E-state index in [1.807, 2.05) is 47.5 Å². The molecule has 0 amide bonds. The fourth-order valence-electron chi connectivity index (χ4n) is 5.34. The van der Waals surface area contributed by atoms with Gasteiger partial charge in [-0.1, -0.05) is 29.8 Å². The summed E-state index contributed by atoms with van der Waals surface area (Å²) in [5.74, 6) is -1.77. The number of anilines is 1. The standard InChI is InChI=1S/C31H27FN2O5S2/c1-19-6-9-24(10-7-19)41(37,38)34-27-11-8-22(32)15-26(27)29(25-12-13-40-28(25)18-39-2)30(34)20-4-3-5-23(14-20)33-16-21(17-33)31(35)36/h3-15,21H,16-18H2,1-2H3,(H,35,36). The van der Waals surface area contributed by atoms with Crippen molar-refractivity contribution in [2.24, 2.45) is 5.92 Å². The fourth-order valence-corrected chi connectivity index (χ4v) is 7.73. The lowest BCUT2D eigenvalue weighted by Gasteiger charge is -2.38. The number of rotatable bonds is 8. The maximum Gasteiger partial charge on any atom is 0.310 e. The lowest BCUT2D eigenvalue weighted by Crippen LogP contribution is -2.50. The summed E-state index contributed by atoms with van der Waals surface area (Å²) in [7, 11) is -2.55. The monoisotopic (exact) mass is 590 g/mol. The van der Waals surface area contributed by atoms with Crippen molar-refractivity contribution in [3.63, 3.8) is 0 Å². The number of methoxy groups -OCH3 is 1. The second-order valence-corrected chi connectivity index (χ2v) is 12.9. The van der Waals surface area contributed by atoms with Crippen LogP contribution in [0.2, 0.25) is 0 Å². The van der Waals surface area contributed by atoms with E-state index in [4.69, 9.17) is 4.74 Å². The van der Waals surface area contributed by atoms with Crippen molar-refractivity contribution in [3.05, 3.63) is 94.4 Å². The van der Waals surface area contributed by atoms with Crippen LogP contribution in [-0.2, 0) is 26.2 Å². The highest BCUT2D eigenvalue weighted by Gasteiger charge is 2.34. The molecular formula is C31H27FN2O5S2. The summed E-state index contributed by atoms with van der Waals surface area (Å²) in [4.78, 5) is 14.4. The summed E-state index contributed by atoms with van der Waals surface area (Å²) in [6.45, 7) is 2.93. The maximum absolute atomic E-state index is 14.8. The second-order valence-electron chi connectivity index (χ2n) is 10.1. The predicted molar refractivity (Wildman–Crippen MR) is 158 cm³/mol. The van der Waals surface area contributed by atoms with Gasteiger partial charge in [-0.3, -0.25) is 4.79 Å². The molecule has 0 aliphatic carbocycles. The van der Waals surface area contributed by atoms with Crippen LogP contribution in [0.25, 0.3) is 33.3 Å². The van der Waals surface area contributed by atoms with Crippen LogP contribution in [0.3, 0.4) is 0 Å². The fraction of sp³-hybridized carbons (Fsp3) is 0.194. The molecule has 41 heavy (non-hydrogen) atoms. The number of carboxylic acids is 1. The third-order valence-electron chi connectivity index (χ3n) is 7.45. The number of aryl methyl sites for hydroxylation is 1. The minimum absolute atomic E-state index is 0.114. The molecule has 10 heteroatoms. The van der Waals surface area contributed by atoms with E-state index in [-0.39, 0.29) is 4.90 Å². The van der Waals surface area contributed by atoms with Crippen LogP contribution in [0.4, 0.5) is 10.1 Å². The molecule has 1 aliphatic heterocycles. The van der Waals surface area contributed by atoms with Crippen LogP contribution in [-0.4, -0.2) is 43.7 Å². The lowest BCUT2D eigenvalue weighted by atomic mass is 9.96. The summed E-state index contributed by atoms with van der Waals surface area (Å²) in [5, 5.41) is 11.7. The van der Waals surface area contributed by atoms with Crippen LogP contribution in [0.5, 0.6) is 0 Å². The quantitative estimate of drug-likeness (QED) is 0.225. The van der Waals surface area contributed by atoms with Gasteiger partial charge in [0.1, 0.15) is 5.82 Å². The van der Waals surface area contributed by atoms with Gasteiger partial charge in [0.2, 0.25) is 0 Å². The molecule has 1 fully saturated rings. The molecule has 0 saturated carbocycles. The van der Waals surface area contributed by atoms with Gasteiger partial charge in [-0.15, -0.1) is 11.3 Å². The third-order valence-corrected chi connectivity index (χ3v) is 10.1. The minimum Gasteiger partial charge on any atom is -0.481 e. The van der Waals surface area contributed by atoms with Gasteiger partial charge in [0, 0.05) is 52.8 Å². The van der Waals surface area contributed by atoms with Gasteiger partial charge in [0.05, 0.1) is 28.6 Å². The number of benzene rings is 3. The van der Waals surface area contributed by atoms with E-state index in [9.17, 15) is 22.7 Å². The number of halogens is 1. The number of hydrogen-bond acceptors (Lipinski definition) is 6. The molecule has 0 unspecified atom stereocenters. The van der Waals surface area contributed by atoms with Crippen molar-refractivity contribution in [2.75, 3.05) is 25.1 Å². The molecule has 1 saturated heterocycles. The van der Waals surface area contributed by atoms with E-state index >= 15 is 0 Å². The highest BCUT2D eigenvalue weighted by Crippen LogP contribution is 2.46. The first-order valence-corrected chi connectivity index (χ1v) is 15.3. The van der Waals surface area contributed by atoms with E-state index in [2.05, 4.69) is 0 Å². The van der Waals surface area contributed by atoms with Crippen molar-refractivity contribution in [2.45, 2.75) is 18.4 Å². The van der Waals surface area contributed by atoms with Crippen LogP contribution >= 0.6 is 11.3 Å². The molecule has 0 bridgehead atoms. The smallest absolute Gasteiger partial charge is 0.310 e. The normalized spacial score (nSPS) is 14.0. The Morgan fingerprint density at radius 2 is 1.83 bits per heavy atom. The maximum atomic E-state index is 14.8. The van der Waals surface area contributed by atoms with Crippen molar-refractivity contribution in [3.8, 4) is 22.4 Å². The highest BCUT2D eigenvalue weighted by molar-refractivity contribution is 7.90. The average molecular weight is 591 g/mol. The van der Waals surface area contributed by atoms with Crippen molar-refractivity contribution in [1.82, 2.24) is 3.97 Å². The first-order chi connectivity index (χ1) is 19.7. The van der Waals surface area contributed by atoms with E-state index in [0.717, 1.165) is 21.7 Å². The largest absolute Gasteiger partial charge is 0.481 e. The molecule has 2 aromatic heterocycles. The van der Waals surface area contributed by atoms with E-state index in [1.165, 1.54) is 33.5 Å². The minimum atomic E-state index is -4.14. The van der Waals surface area contributed by atoms with Gasteiger partial charge < -0.3 is 14.7 Å². The van der Waals surface area contributed by atoms with Crippen molar-refractivity contribution < 1.29 is 27.4 Å². The number of aromatic nitrogens is 1. The molecular weight excluding hydrogens is 563 g/mol. The molecule has 210 valence electrons. The third kappa shape index (κ3) is 4.71. The lowest BCUT2D eigenvalue weighted by molar-refractivity contribution is -0.142. The first-order valence-electron chi connectivity index (χ1n) is 13.0. The zero-order valence-electron chi connectivity index (χ0n) is 22.4. The van der Waals surface area contributed by atoms with Crippen LogP contribution < -0.4 is 4.90 Å². The molecule has 0 atom stereocenters. The van der Waals surface area contributed by atoms with Gasteiger partial charge in [-0.05, 0) is 60.8 Å². The Morgan fingerprint density at radius 1 is 1.07 bits per heavy atom. The molecule has 1 N–H and O–H groups in total. The summed E-state index contributed by atoms with van der Waals surface area (Å²) in [5.41, 5.74) is 4.43. The summed E-state index contributed by atoms with van der Waals surface area (Å²) in [6, 6.07) is 20.1. The Morgan fingerprint density at radius 3 is 2.54 bits per heavy atom. The van der Waals surface area contributed by atoms with Crippen LogP contribution in [0.1, 0.15) is 10.4 Å². The van der Waals surface area contributed by atoms with E-state index in [0.29, 0.717) is 47.4 Å². The molecule has 3 heterocycles. The molecule has 3 aromatic carbocycles. The number of carbonyl (C=O) groups is 1. The summed E-state index contributed by atoms with van der Waals surface area (Å²) < 4.78 is 50.4. The molecule has 7 nitrogen and oxygen atoms in total.